The van der Waals surface area contributed by atoms with Crippen LogP contribution in [0.4, 0.5) is 17.2 Å². The lowest BCUT2D eigenvalue weighted by Gasteiger charge is -2.25. The molecule has 228 valence electrons. The molecule has 12 nitrogen and oxygen atoms in total. The van der Waals surface area contributed by atoms with Gasteiger partial charge in [-0.25, -0.2) is 19.5 Å². The van der Waals surface area contributed by atoms with Crippen LogP contribution < -0.4 is 25.0 Å². The van der Waals surface area contributed by atoms with E-state index in [2.05, 4.69) is 49.4 Å². The molecule has 0 bridgehead atoms. The molecule has 0 atom stereocenters. The van der Waals surface area contributed by atoms with E-state index in [9.17, 15) is 4.79 Å². The Balaban J connectivity index is 1.35. The molecule has 0 radical (unpaired) electrons. The predicted molar refractivity (Wildman–Crippen MR) is 172 cm³/mol. The minimum absolute atomic E-state index is 0.0294. The van der Waals surface area contributed by atoms with Gasteiger partial charge in [-0.1, -0.05) is 6.08 Å². The summed E-state index contributed by atoms with van der Waals surface area (Å²) in [5.74, 6) is 2.50. The third kappa shape index (κ3) is 7.21. The van der Waals surface area contributed by atoms with Gasteiger partial charge in [0.25, 0.3) is 0 Å². The summed E-state index contributed by atoms with van der Waals surface area (Å²) in [6.45, 7) is 8.44. The van der Waals surface area contributed by atoms with Crippen molar-refractivity contribution in [3.05, 3.63) is 79.0 Å². The summed E-state index contributed by atoms with van der Waals surface area (Å²) in [4.78, 5) is 29.7. The Labute approximate surface area is 256 Å². The number of nitrogens with one attached hydrogen (secondary N) is 2. The fourth-order valence-electron chi connectivity index (χ4n) is 4.68. The summed E-state index contributed by atoms with van der Waals surface area (Å²) in [5.41, 5.74) is 4.13. The fraction of sp³-hybridized carbons (Fsp3) is 0.281. The van der Waals surface area contributed by atoms with Crippen LogP contribution in [-0.4, -0.2) is 75.8 Å². The summed E-state index contributed by atoms with van der Waals surface area (Å²) >= 11 is 0. The van der Waals surface area contributed by atoms with Crippen LogP contribution in [0.15, 0.2) is 73.5 Å². The normalized spacial score (nSPS) is 11.4. The van der Waals surface area contributed by atoms with Crippen molar-refractivity contribution in [2.45, 2.75) is 20.8 Å². The Hall–Kier alpha value is -5.23. The number of amides is 1. The molecule has 44 heavy (non-hydrogen) atoms. The summed E-state index contributed by atoms with van der Waals surface area (Å²) in [7, 11) is 3.89. The Morgan fingerprint density at radius 2 is 1.84 bits per heavy atom. The van der Waals surface area contributed by atoms with Gasteiger partial charge >= 0.3 is 0 Å². The first-order valence-corrected chi connectivity index (χ1v) is 14.4. The Kier molecular flexibility index (Phi) is 9.50. The number of fused-ring (bicyclic) bond motifs is 2. The van der Waals surface area contributed by atoms with E-state index in [1.54, 1.807) is 10.6 Å². The second-order valence-corrected chi connectivity index (χ2v) is 10.4. The van der Waals surface area contributed by atoms with Crippen molar-refractivity contribution in [1.82, 2.24) is 34.8 Å². The maximum absolute atomic E-state index is 12.2. The average molecular weight is 596 g/mol. The van der Waals surface area contributed by atoms with Crippen LogP contribution in [0.2, 0.25) is 0 Å². The first-order valence-electron chi connectivity index (χ1n) is 14.4. The number of aromatic nitrogens is 5. The van der Waals surface area contributed by atoms with Gasteiger partial charge in [0.05, 0.1) is 11.2 Å². The van der Waals surface area contributed by atoms with Crippen LogP contribution in [-0.2, 0) is 4.79 Å². The highest BCUT2D eigenvalue weighted by molar-refractivity contribution is 5.95. The second-order valence-electron chi connectivity index (χ2n) is 10.4. The summed E-state index contributed by atoms with van der Waals surface area (Å²) in [6, 6.07) is 13.5. The third-order valence-electron chi connectivity index (χ3n) is 6.95. The molecule has 0 spiro atoms. The van der Waals surface area contributed by atoms with Crippen LogP contribution in [0.3, 0.4) is 0 Å². The minimum Gasteiger partial charge on any atom is -0.471 e. The standard InChI is InChI=1S/C32H37N9O3/c1-6-40(7-2)27-17-25-26(18-29(27)43-21-36-31(42)9-8-13-39(4)5)33-19-35-32(25)38-23-10-11-28(22(3)15-23)44-24-12-14-41-30(16-24)34-20-37-41/h8-12,14-20H,6-7,13,21H2,1-5H3,(H,36,42)(H,33,35,38)/b9-8+. The average Bonchev–Trinajstić information content (AvgIpc) is 3.47. The second kappa shape index (κ2) is 13.8. The molecule has 5 aromatic rings. The molecular weight excluding hydrogens is 558 g/mol. The van der Waals surface area contributed by atoms with Crippen LogP contribution in [0.5, 0.6) is 17.2 Å². The number of carbonyl (C=O) groups is 1. The molecule has 5 rings (SSSR count). The number of likely N-dealkylation sites (N-methyl/N-ethyl adjacent to an activating group) is 1. The highest BCUT2D eigenvalue weighted by atomic mass is 16.5. The topological polar surface area (TPSA) is 122 Å². The van der Waals surface area contributed by atoms with Crippen LogP contribution >= 0.6 is 0 Å². The largest absolute Gasteiger partial charge is 0.471 e. The van der Waals surface area contributed by atoms with Gasteiger partial charge in [-0.05, 0) is 70.8 Å². The number of carbonyl (C=O) groups excluding carboxylic acids is 1. The van der Waals surface area contributed by atoms with E-state index in [-0.39, 0.29) is 12.6 Å². The molecule has 0 saturated heterocycles. The van der Waals surface area contributed by atoms with E-state index in [4.69, 9.17) is 9.47 Å². The van der Waals surface area contributed by atoms with Crippen molar-refractivity contribution in [3.63, 3.8) is 0 Å². The van der Waals surface area contributed by atoms with E-state index >= 15 is 0 Å². The number of aryl methyl sites for hydroxylation is 1. The Morgan fingerprint density at radius 3 is 2.61 bits per heavy atom. The highest BCUT2D eigenvalue weighted by Gasteiger charge is 2.16. The van der Waals surface area contributed by atoms with Crippen molar-refractivity contribution >= 4 is 39.6 Å². The Morgan fingerprint density at radius 1 is 1.00 bits per heavy atom. The molecular formula is C32H37N9O3. The zero-order valence-electron chi connectivity index (χ0n) is 25.6. The predicted octanol–water partition coefficient (Wildman–Crippen LogP) is 4.93. The van der Waals surface area contributed by atoms with E-state index in [0.29, 0.717) is 35.0 Å². The van der Waals surface area contributed by atoms with Gasteiger partial charge in [0.1, 0.15) is 35.7 Å². The molecule has 0 aliphatic rings. The maximum atomic E-state index is 12.2. The van der Waals surface area contributed by atoms with Gasteiger partial charge in [-0.15, -0.1) is 0 Å². The van der Waals surface area contributed by atoms with Gasteiger partial charge in [0, 0.05) is 55.1 Å². The first kappa shape index (κ1) is 30.2. The molecule has 2 aromatic carbocycles. The van der Waals surface area contributed by atoms with Gasteiger partial charge in [0.15, 0.2) is 12.4 Å². The van der Waals surface area contributed by atoms with Crippen molar-refractivity contribution in [2.75, 3.05) is 50.7 Å². The van der Waals surface area contributed by atoms with E-state index in [0.717, 1.165) is 41.2 Å². The fourth-order valence-corrected chi connectivity index (χ4v) is 4.68. The van der Waals surface area contributed by atoms with E-state index < -0.39 is 0 Å². The van der Waals surface area contributed by atoms with Crippen molar-refractivity contribution in [2.24, 2.45) is 0 Å². The van der Waals surface area contributed by atoms with Crippen molar-refractivity contribution in [1.29, 1.82) is 0 Å². The number of pyridine rings is 1. The van der Waals surface area contributed by atoms with Gasteiger partial charge in [-0.2, -0.15) is 5.10 Å². The number of anilines is 3. The SMILES string of the molecule is CCN(CC)c1cc2c(Nc3ccc(Oc4ccn5ncnc5c4)c(C)c3)ncnc2cc1OCNC(=O)/C=C/CN(C)C. The molecule has 1 amide bonds. The molecule has 0 fully saturated rings. The quantitative estimate of drug-likeness (QED) is 0.143. The number of hydrogen-bond donors (Lipinski definition) is 2. The number of nitrogens with zero attached hydrogens (tertiary/aromatic N) is 7. The molecule has 0 aliphatic heterocycles. The van der Waals surface area contributed by atoms with Gasteiger partial charge < -0.3 is 29.9 Å². The number of rotatable bonds is 13. The smallest absolute Gasteiger partial charge is 0.246 e. The zero-order chi connectivity index (χ0) is 31.1. The molecule has 3 heterocycles. The maximum Gasteiger partial charge on any atom is 0.246 e. The number of ether oxygens (including phenoxy) is 2. The number of hydrogen-bond acceptors (Lipinski definition) is 10. The zero-order valence-corrected chi connectivity index (χ0v) is 25.6. The highest BCUT2D eigenvalue weighted by Crippen LogP contribution is 2.36. The van der Waals surface area contributed by atoms with Crippen LogP contribution in [0.1, 0.15) is 19.4 Å². The lowest BCUT2D eigenvalue weighted by atomic mass is 10.1. The lowest BCUT2D eigenvalue weighted by Crippen LogP contribution is -2.28. The summed E-state index contributed by atoms with van der Waals surface area (Å²) in [5, 5.41) is 11.2. The van der Waals surface area contributed by atoms with Gasteiger partial charge in [0.2, 0.25) is 5.91 Å². The molecule has 0 unspecified atom stereocenters. The molecule has 2 N–H and O–H groups in total. The van der Waals surface area contributed by atoms with Crippen LogP contribution in [0.25, 0.3) is 16.6 Å². The van der Waals surface area contributed by atoms with Crippen molar-refractivity contribution in [3.8, 4) is 17.2 Å². The van der Waals surface area contributed by atoms with Gasteiger partial charge in [-0.3, -0.25) is 4.79 Å². The first-order chi connectivity index (χ1) is 21.3. The molecule has 3 aromatic heterocycles. The van der Waals surface area contributed by atoms with Crippen LogP contribution in [0, 0.1) is 6.92 Å². The monoisotopic (exact) mass is 595 g/mol. The van der Waals surface area contributed by atoms with E-state index in [1.165, 1.54) is 18.7 Å². The molecule has 0 saturated carbocycles. The molecule has 0 aliphatic carbocycles. The minimum atomic E-state index is -0.214. The lowest BCUT2D eigenvalue weighted by molar-refractivity contribution is -0.117. The number of benzene rings is 2. The third-order valence-corrected chi connectivity index (χ3v) is 6.95. The Bertz CT molecular complexity index is 1780. The summed E-state index contributed by atoms with van der Waals surface area (Å²) in [6.07, 6.45) is 8.16. The summed E-state index contributed by atoms with van der Waals surface area (Å²) < 4.78 is 13.9. The molecule has 12 heteroatoms. The van der Waals surface area contributed by atoms with Crippen molar-refractivity contribution < 1.29 is 14.3 Å². The van der Waals surface area contributed by atoms with E-state index in [1.807, 2.05) is 74.6 Å².